The van der Waals surface area contributed by atoms with E-state index in [0.29, 0.717) is 35.9 Å². The zero-order chi connectivity index (χ0) is 20.0. The number of aromatic nitrogens is 6. The number of likely N-dealkylation sites (tertiary alicyclic amines) is 1. The first-order valence-corrected chi connectivity index (χ1v) is 9.80. The van der Waals surface area contributed by atoms with Crippen LogP contribution in [0.25, 0.3) is 11.4 Å². The minimum absolute atomic E-state index is 0.0167. The molecule has 5 rings (SSSR count). The fourth-order valence-corrected chi connectivity index (χ4v) is 4.70. The van der Waals surface area contributed by atoms with Crippen molar-refractivity contribution >= 4 is 5.91 Å². The Morgan fingerprint density at radius 1 is 1.17 bits per heavy atom. The van der Waals surface area contributed by atoms with Gasteiger partial charge in [-0.1, -0.05) is 18.2 Å². The third-order valence-electron chi connectivity index (χ3n) is 6.24. The molecule has 0 atom stereocenters. The van der Waals surface area contributed by atoms with Crippen molar-refractivity contribution in [3.05, 3.63) is 57.3 Å². The molecular weight excluding hydrogens is 370 g/mol. The van der Waals surface area contributed by atoms with E-state index in [9.17, 15) is 9.59 Å². The minimum Gasteiger partial charge on any atom is -0.339 e. The number of fused-ring (bicyclic) bond motifs is 2. The number of nitrogens with zero attached hydrogens (tertiary/aromatic N) is 5. The fourth-order valence-electron chi connectivity index (χ4n) is 4.70. The summed E-state index contributed by atoms with van der Waals surface area (Å²) in [5.41, 5.74) is 2.88. The topological polar surface area (TPSA) is 121 Å². The lowest BCUT2D eigenvalue weighted by atomic mass is 9.76. The van der Waals surface area contributed by atoms with Crippen molar-refractivity contribution in [3.63, 3.8) is 0 Å². The highest BCUT2D eigenvalue weighted by Gasteiger charge is 2.44. The predicted molar refractivity (Wildman–Crippen MR) is 104 cm³/mol. The van der Waals surface area contributed by atoms with Crippen molar-refractivity contribution in [2.75, 3.05) is 13.1 Å². The maximum Gasteiger partial charge on any atom is 0.254 e. The van der Waals surface area contributed by atoms with E-state index in [-0.39, 0.29) is 16.9 Å². The summed E-state index contributed by atoms with van der Waals surface area (Å²) in [5, 5.41) is 14.1. The summed E-state index contributed by atoms with van der Waals surface area (Å²) in [6.45, 7) is 3.08. The van der Waals surface area contributed by atoms with Gasteiger partial charge in [0.05, 0.1) is 11.3 Å². The smallest absolute Gasteiger partial charge is 0.254 e. The van der Waals surface area contributed by atoms with E-state index in [1.54, 1.807) is 6.07 Å². The number of benzene rings is 1. The van der Waals surface area contributed by atoms with Gasteiger partial charge in [0.25, 0.3) is 11.5 Å². The van der Waals surface area contributed by atoms with Crippen molar-refractivity contribution < 1.29 is 4.79 Å². The number of amides is 1. The second-order valence-electron chi connectivity index (χ2n) is 7.83. The van der Waals surface area contributed by atoms with Crippen LogP contribution in [0.15, 0.2) is 29.1 Å². The largest absolute Gasteiger partial charge is 0.339 e. The van der Waals surface area contributed by atoms with E-state index in [2.05, 4.69) is 30.6 Å². The number of tetrazole rings is 1. The Morgan fingerprint density at radius 2 is 1.97 bits per heavy atom. The number of rotatable bonds is 2. The molecule has 9 nitrogen and oxygen atoms in total. The lowest BCUT2D eigenvalue weighted by molar-refractivity contribution is 0.0664. The Balaban J connectivity index is 1.40. The van der Waals surface area contributed by atoms with Crippen LogP contribution in [0.1, 0.15) is 46.7 Å². The molecule has 2 aromatic heterocycles. The summed E-state index contributed by atoms with van der Waals surface area (Å²) in [7, 11) is 0. The molecule has 1 aromatic carbocycles. The average Bonchev–Trinajstić information content (AvgIpc) is 3.38. The SMILES string of the molecule is Cc1nc2c(c(=O)[nH]1)CCC21CCN(C(=O)c2ccccc2-c2nn[nH]n2)CC1. The molecule has 0 unspecified atom stereocenters. The van der Waals surface area contributed by atoms with Crippen LogP contribution in [0, 0.1) is 6.92 Å². The van der Waals surface area contributed by atoms with Gasteiger partial charge in [-0.2, -0.15) is 5.21 Å². The third kappa shape index (κ3) is 2.84. The van der Waals surface area contributed by atoms with Gasteiger partial charge in [-0.25, -0.2) is 4.98 Å². The Labute approximate surface area is 166 Å². The number of carbonyl (C=O) groups is 1. The Kier molecular flexibility index (Phi) is 4.04. The molecule has 1 spiro atoms. The summed E-state index contributed by atoms with van der Waals surface area (Å²) in [4.78, 5) is 34.9. The number of nitrogens with one attached hydrogen (secondary N) is 2. The number of piperidine rings is 1. The zero-order valence-corrected chi connectivity index (χ0v) is 16.1. The molecule has 1 aliphatic heterocycles. The molecule has 1 aliphatic carbocycles. The number of carbonyl (C=O) groups excluding carboxylic acids is 1. The molecule has 0 saturated carbocycles. The van der Waals surface area contributed by atoms with E-state index >= 15 is 0 Å². The number of aryl methyl sites for hydroxylation is 1. The van der Waals surface area contributed by atoms with Crippen LogP contribution in [-0.4, -0.2) is 54.5 Å². The van der Waals surface area contributed by atoms with Crippen LogP contribution in [0.3, 0.4) is 0 Å². The minimum atomic E-state index is -0.0989. The zero-order valence-electron chi connectivity index (χ0n) is 16.1. The first-order valence-electron chi connectivity index (χ1n) is 9.80. The van der Waals surface area contributed by atoms with Gasteiger partial charge in [0.15, 0.2) is 0 Å². The lowest BCUT2D eigenvalue weighted by Crippen LogP contribution is -2.45. The highest BCUT2D eigenvalue weighted by molar-refractivity contribution is 6.00. The van der Waals surface area contributed by atoms with Crippen LogP contribution in [-0.2, 0) is 11.8 Å². The normalized spacial score (nSPS) is 17.5. The maximum atomic E-state index is 13.2. The maximum absolute atomic E-state index is 13.2. The van der Waals surface area contributed by atoms with E-state index < -0.39 is 0 Å². The number of H-pyrrole nitrogens is 2. The molecule has 2 aliphatic rings. The molecule has 2 N–H and O–H groups in total. The molecule has 3 aromatic rings. The van der Waals surface area contributed by atoms with Gasteiger partial charge < -0.3 is 9.88 Å². The highest BCUT2D eigenvalue weighted by atomic mass is 16.2. The van der Waals surface area contributed by atoms with Gasteiger partial charge in [0.1, 0.15) is 5.82 Å². The Bertz CT molecular complexity index is 1130. The van der Waals surface area contributed by atoms with Crippen LogP contribution in [0.5, 0.6) is 0 Å². The van der Waals surface area contributed by atoms with Crippen LogP contribution in [0.4, 0.5) is 0 Å². The molecule has 1 fully saturated rings. The molecule has 1 amide bonds. The van der Waals surface area contributed by atoms with Crippen molar-refractivity contribution in [2.45, 2.75) is 38.0 Å². The monoisotopic (exact) mass is 391 g/mol. The van der Waals surface area contributed by atoms with Gasteiger partial charge in [0, 0.05) is 29.6 Å². The standard InChI is InChI=1S/C20H21N7O2/c1-12-21-16-15(18(28)22-12)6-7-20(16)8-10-27(11-9-20)19(29)14-5-3-2-4-13(14)17-23-25-26-24-17/h2-5H,6-11H2,1H3,(H,21,22,28)(H,23,24,25,26). The Morgan fingerprint density at radius 3 is 2.72 bits per heavy atom. The van der Waals surface area contributed by atoms with E-state index in [1.165, 1.54) is 0 Å². The van der Waals surface area contributed by atoms with Gasteiger partial charge >= 0.3 is 0 Å². The molecule has 9 heteroatoms. The van der Waals surface area contributed by atoms with Gasteiger partial charge in [-0.3, -0.25) is 9.59 Å². The van der Waals surface area contributed by atoms with Crippen LogP contribution >= 0.6 is 0 Å². The second-order valence-corrected chi connectivity index (χ2v) is 7.83. The molecule has 3 heterocycles. The fraction of sp³-hybridized carbons (Fsp3) is 0.400. The van der Waals surface area contributed by atoms with Gasteiger partial charge in [0.2, 0.25) is 5.82 Å². The summed E-state index contributed by atoms with van der Waals surface area (Å²) < 4.78 is 0. The number of hydrogen-bond donors (Lipinski definition) is 2. The van der Waals surface area contributed by atoms with Crippen molar-refractivity contribution in [3.8, 4) is 11.4 Å². The summed E-state index contributed by atoms with van der Waals surface area (Å²) >= 11 is 0. The molecule has 1 saturated heterocycles. The average molecular weight is 391 g/mol. The quantitative estimate of drug-likeness (QED) is 0.681. The lowest BCUT2D eigenvalue weighted by Gasteiger charge is -2.39. The second kappa shape index (κ2) is 6.61. The van der Waals surface area contributed by atoms with Crippen molar-refractivity contribution in [1.82, 2.24) is 35.5 Å². The molecule has 148 valence electrons. The van der Waals surface area contributed by atoms with Gasteiger partial charge in [-0.15, -0.1) is 10.2 Å². The highest BCUT2D eigenvalue weighted by Crippen LogP contribution is 2.44. The number of hydrogen-bond acceptors (Lipinski definition) is 6. The van der Waals surface area contributed by atoms with E-state index in [1.807, 2.05) is 30.0 Å². The van der Waals surface area contributed by atoms with Crippen molar-refractivity contribution in [1.29, 1.82) is 0 Å². The predicted octanol–water partition coefficient (Wildman–Crippen LogP) is 1.38. The number of aromatic amines is 2. The van der Waals surface area contributed by atoms with E-state index in [4.69, 9.17) is 0 Å². The summed E-state index contributed by atoms with van der Waals surface area (Å²) in [6.07, 6.45) is 3.30. The first-order chi connectivity index (χ1) is 14.1. The molecule has 0 radical (unpaired) electrons. The van der Waals surface area contributed by atoms with E-state index in [0.717, 1.165) is 36.9 Å². The third-order valence-corrected chi connectivity index (χ3v) is 6.24. The van der Waals surface area contributed by atoms with Gasteiger partial charge in [-0.05, 0) is 43.9 Å². The molecule has 0 bridgehead atoms. The van der Waals surface area contributed by atoms with Crippen LogP contribution < -0.4 is 5.56 Å². The summed E-state index contributed by atoms with van der Waals surface area (Å²) in [5.74, 6) is 1.03. The molecular formula is C20H21N7O2. The van der Waals surface area contributed by atoms with Crippen LogP contribution in [0.2, 0.25) is 0 Å². The Hall–Kier alpha value is -3.36. The molecule has 29 heavy (non-hydrogen) atoms. The van der Waals surface area contributed by atoms with Crippen molar-refractivity contribution in [2.24, 2.45) is 0 Å². The summed E-state index contributed by atoms with van der Waals surface area (Å²) in [6, 6.07) is 7.33. The first kappa shape index (κ1) is 17.7.